The molecule has 25 heavy (non-hydrogen) atoms. The number of rotatable bonds is 5. The molecule has 0 unspecified atom stereocenters. The highest BCUT2D eigenvalue weighted by molar-refractivity contribution is 5.91. The maximum absolute atomic E-state index is 12.4. The maximum Gasteiger partial charge on any atom is 0.226 e. The normalized spacial score (nSPS) is 12.3. The van der Waals surface area contributed by atoms with Gasteiger partial charge >= 0.3 is 0 Å². The Morgan fingerprint density at radius 1 is 0.960 bits per heavy atom. The lowest BCUT2D eigenvalue weighted by Crippen LogP contribution is -2.29. The van der Waals surface area contributed by atoms with Gasteiger partial charge in [-0.25, -0.2) is 0 Å². The van der Waals surface area contributed by atoms with Gasteiger partial charge in [0.2, 0.25) is 11.8 Å². The molecule has 0 aliphatic carbocycles. The number of carbonyl (C=O) groups excluding carboxylic acids is 2. The molecule has 2 aromatic carbocycles. The fourth-order valence-electron chi connectivity index (χ4n) is 2.63. The third-order valence-corrected chi connectivity index (χ3v) is 4.00. The lowest BCUT2D eigenvalue weighted by atomic mass is 9.87. The monoisotopic (exact) mass is 338 g/mol. The quantitative estimate of drug-likeness (QED) is 0.859. The van der Waals surface area contributed by atoms with E-state index in [4.69, 9.17) is 0 Å². The van der Waals surface area contributed by atoms with E-state index in [2.05, 4.69) is 31.4 Å². The van der Waals surface area contributed by atoms with E-state index < -0.39 is 0 Å². The van der Waals surface area contributed by atoms with Gasteiger partial charge in [-0.05, 0) is 28.7 Å². The number of hydrogen-bond donors (Lipinski definition) is 2. The predicted molar refractivity (Wildman–Crippen MR) is 101 cm³/mol. The molecule has 0 aliphatic rings. The number of carbonyl (C=O) groups is 2. The van der Waals surface area contributed by atoms with Crippen LogP contribution in [0.4, 0.5) is 5.69 Å². The van der Waals surface area contributed by atoms with Crippen molar-refractivity contribution in [3.8, 4) is 0 Å². The van der Waals surface area contributed by atoms with E-state index in [1.807, 2.05) is 54.6 Å². The highest BCUT2D eigenvalue weighted by atomic mass is 16.2. The van der Waals surface area contributed by atoms with Gasteiger partial charge in [-0.15, -0.1) is 0 Å². The van der Waals surface area contributed by atoms with Crippen molar-refractivity contribution in [2.24, 2.45) is 0 Å². The smallest absolute Gasteiger partial charge is 0.226 e. The van der Waals surface area contributed by atoms with Gasteiger partial charge in [-0.3, -0.25) is 9.59 Å². The van der Waals surface area contributed by atoms with Crippen LogP contribution in [-0.2, 0) is 15.0 Å². The average Bonchev–Trinajstić information content (AvgIpc) is 2.54. The van der Waals surface area contributed by atoms with Gasteiger partial charge < -0.3 is 10.6 Å². The van der Waals surface area contributed by atoms with Crippen LogP contribution in [0.15, 0.2) is 54.6 Å². The van der Waals surface area contributed by atoms with Gasteiger partial charge in [0.25, 0.3) is 0 Å². The average molecular weight is 338 g/mol. The van der Waals surface area contributed by atoms with E-state index in [-0.39, 0.29) is 29.7 Å². The van der Waals surface area contributed by atoms with Crippen LogP contribution in [0.1, 0.15) is 51.3 Å². The molecular formula is C21H26N2O2. The Bertz CT molecular complexity index is 716. The van der Waals surface area contributed by atoms with Gasteiger partial charge in [0, 0.05) is 12.6 Å². The van der Waals surface area contributed by atoms with E-state index in [1.165, 1.54) is 12.5 Å². The minimum atomic E-state index is -0.340. The Morgan fingerprint density at radius 2 is 1.56 bits per heavy atom. The first-order valence-electron chi connectivity index (χ1n) is 8.48. The number of anilines is 1. The van der Waals surface area contributed by atoms with Crippen molar-refractivity contribution < 1.29 is 9.59 Å². The molecule has 0 saturated carbocycles. The van der Waals surface area contributed by atoms with Crippen molar-refractivity contribution in [1.82, 2.24) is 5.32 Å². The summed E-state index contributed by atoms with van der Waals surface area (Å²) < 4.78 is 0. The molecule has 4 nitrogen and oxygen atoms in total. The minimum absolute atomic E-state index is 0.0757. The summed E-state index contributed by atoms with van der Waals surface area (Å²) in [5.41, 5.74) is 2.96. The molecule has 0 aliphatic heterocycles. The Kier molecular flexibility index (Phi) is 5.97. The van der Waals surface area contributed by atoms with Gasteiger partial charge in [0.15, 0.2) is 0 Å². The zero-order valence-corrected chi connectivity index (χ0v) is 15.3. The van der Waals surface area contributed by atoms with E-state index in [0.29, 0.717) is 0 Å². The second-order valence-corrected chi connectivity index (χ2v) is 7.24. The van der Waals surface area contributed by atoms with Crippen LogP contribution in [0.5, 0.6) is 0 Å². The summed E-state index contributed by atoms with van der Waals surface area (Å²) in [7, 11) is 0. The molecule has 1 atom stereocenters. The third kappa shape index (κ3) is 5.75. The van der Waals surface area contributed by atoms with Crippen LogP contribution in [0.2, 0.25) is 0 Å². The fraction of sp³-hybridized carbons (Fsp3) is 0.333. The molecule has 4 heteroatoms. The number of nitrogens with one attached hydrogen (secondary N) is 2. The molecule has 0 heterocycles. The van der Waals surface area contributed by atoms with E-state index in [1.54, 1.807) is 0 Å². The predicted octanol–water partition coefficient (Wildman–Crippen LogP) is 4.19. The summed E-state index contributed by atoms with van der Waals surface area (Å²) >= 11 is 0. The largest absolute Gasteiger partial charge is 0.349 e. The van der Waals surface area contributed by atoms with Crippen molar-refractivity contribution in [2.75, 3.05) is 5.32 Å². The molecule has 2 rings (SSSR count). The highest BCUT2D eigenvalue weighted by Crippen LogP contribution is 2.24. The van der Waals surface area contributed by atoms with Gasteiger partial charge in [0.05, 0.1) is 12.5 Å². The summed E-state index contributed by atoms with van der Waals surface area (Å²) in [6, 6.07) is 17.1. The van der Waals surface area contributed by atoms with Crippen LogP contribution in [0.3, 0.4) is 0 Å². The Hall–Kier alpha value is -2.62. The van der Waals surface area contributed by atoms with Crippen molar-refractivity contribution in [3.63, 3.8) is 0 Å². The summed E-state index contributed by atoms with van der Waals surface area (Å²) in [4.78, 5) is 23.9. The van der Waals surface area contributed by atoms with Crippen LogP contribution >= 0.6 is 0 Å². The van der Waals surface area contributed by atoms with Crippen molar-refractivity contribution in [3.05, 3.63) is 65.7 Å². The Labute approximate surface area is 149 Å². The minimum Gasteiger partial charge on any atom is -0.349 e. The standard InChI is InChI=1S/C21H26N2O2/c1-15(24)22-19(16-8-6-5-7-9-16)14-20(25)23-18-12-10-17(11-13-18)21(2,3)4/h5-13,19H,14H2,1-4H3,(H,22,24)(H,23,25)/t19-/m1/s1. The summed E-state index contributed by atoms with van der Waals surface area (Å²) in [5, 5.41) is 5.75. The Balaban J connectivity index is 2.05. The van der Waals surface area contributed by atoms with E-state index >= 15 is 0 Å². The molecule has 2 aromatic rings. The molecule has 0 fully saturated rings. The second kappa shape index (κ2) is 7.97. The van der Waals surface area contributed by atoms with E-state index in [9.17, 15) is 9.59 Å². The molecule has 2 amide bonds. The third-order valence-electron chi connectivity index (χ3n) is 4.00. The zero-order chi connectivity index (χ0) is 18.4. The Morgan fingerprint density at radius 3 is 2.08 bits per heavy atom. The van der Waals surface area contributed by atoms with Gasteiger partial charge in [0.1, 0.15) is 0 Å². The number of amides is 2. The molecule has 2 N–H and O–H groups in total. The highest BCUT2D eigenvalue weighted by Gasteiger charge is 2.17. The van der Waals surface area contributed by atoms with Crippen LogP contribution in [0.25, 0.3) is 0 Å². The van der Waals surface area contributed by atoms with Crippen molar-refractivity contribution in [2.45, 2.75) is 45.6 Å². The fourth-order valence-corrected chi connectivity index (χ4v) is 2.63. The van der Waals surface area contributed by atoms with Gasteiger partial charge in [-0.2, -0.15) is 0 Å². The molecule has 0 aromatic heterocycles. The molecular weight excluding hydrogens is 312 g/mol. The van der Waals surface area contributed by atoms with Crippen LogP contribution < -0.4 is 10.6 Å². The molecule has 0 spiro atoms. The second-order valence-electron chi connectivity index (χ2n) is 7.24. The summed E-state index contributed by atoms with van der Waals surface area (Å²) in [6.07, 6.45) is 0.185. The van der Waals surface area contributed by atoms with Crippen molar-refractivity contribution in [1.29, 1.82) is 0 Å². The van der Waals surface area contributed by atoms with Crippen LogP contribution in [0, 0.1) is 0 Å². The first kappa shape index (κ1) is 18.7. The zero-order valence-electron chi connectivity index (χ0n) is 15.3. The molecule has 0 saturated heterocycles. The lowest BCUT2D eigenvalue weighted by Gasteiger charge is -2.20. The first-order chi connectivity index (χ1) is 11.8. The summed E-state index contributed by atoms with van der Waals surface area (Å²) in [5.74, 6) is -0.290. The van der Waals surface area contributed by atoms with Crippen molar-refractivity contribution >= 4 is 17.5 Å². The number of benzene rings is 2. The van der Waals surface area contributed by atoms with E-state index in [0.717, 1.165) is 11.3 Å². The summed E-state index contributed by atoms with van der Waals surface area (Å²) in [6.45, 7) is 7.91. The van der Waals surface area contributed by atoms with Crippen LogP contribution in [-0.4, -0.2) is 11.8 Å². The molecule has 0 bridgehead atoms. The first-order valence-corrected chi connectivity index (χ1v) is 8.48. The maximum atomic E-state index is 12.4. The molecule has 132 valence electrons. The number of hydrogen-bond acceptors (Lipinski definition) is 2. The molecule has 0 radical (unpaired) electrons. The van der Waals surface area contributed by atoms with Gasteiger partial charge in [-0.1, -0.05) is 63.2 Å². The SMILES string of the molecule is CC(=O)N[C@H](CC(=O)Nc1ccc(C(C)(C)C)cc1)c1ccccc1. The topological polar surface area (TPSA) is 58.2 Å². The lowest BCUT2D eigenvalue weighted by molar-refractivity contribution is -0.120.